The Morgan fingerprint density at radius 1 is 1.30 bits per heavy atom. The molecule has 1 aliphatic rings. The molecule has 0 spiro atoms. The third-order valence-electron chi connectivity index (χ3n) is 4.32. The maximum Gasteiger partial charge on any atom is 0.137 e. The first kappa shape index (κ1) is 13.5. The summed E-state index contributed by atoms with van der Waals surface area (Å²) in [5, 5.41) is 10.6. The standard InChI is InChI=1S/C16H22N2O2/c17-6-3-12-4-7-18(8-5-12)10-13-11-20-16-9-14(19)1-2-15(13)16/h1-2,9,11-12,19H,3-8,10,17H2. The largest absolute Gasteiger partial charge is 0.508 e. The van der Waals surface area contributed by atoms with Gasteiger partial charge in [0.1, 0.15) is 11.3 Å². The molecule has 0 amide bonds. The Kier molecular flexibility index (Phi) is 3.94. The minimum Gasteiger partial charge on any atom is -0.508 e. The first-order valence-corrected chi connectivity index (χ1v) is 7.38. The highest BCUT2D eigenvalue weighted by Crippen LogP contribution is 2.27. The van der Waals surface area contributed by atoms with E-state index in [1.807, 2.05) is 12.3 Å². The van der Waals surface area contributed by atoms with Crippen molar-refractivity contribution in [3.05, 3.63) is 30.0 Å². The van der Waals surface area contributed by atoms with E-state index in [1.165, 1.54) is 18.4 Å². The molecule has 0 atom stereocenters. The van der Waals surface area contributed by atoms with Gasteiger partial charge in [-0.25, -0.2) is 0 Å². The van der Waals surface area contributed by atoms with E-state index >= 15 is 0 Å². The summed E-state index contributed by atoms with van der Waals surface area (Å²) in [6, 6.07) is 5.33. The number of likely N-dealkylation sites (tertiary alicyclic amines) is 1. The predicted molar refractivity (Wildman–Crippen MR) is 79.6 cm³/mol. The Hall–Kier alpha value is -1.52. The molecule has 0 unspecified atom stereocenters. The monoisotopic (exact) mass is 274 g/mol. The number of phenolic OH excluding ortho intramolecular Hbond substituents is 1. The van der Waals surface area contributed by atoms with E-state index in [-0.39, 0.29) is 5.75 Å². The van der Waals surface area contributed by atoms with Gasteiger partial charge in [0, 0.05) is 23.6 Å². The second kappa shape index (κ2) is 5.85. The van der Waals surface area contributed by atoms with Crippen LogP contribution in [-0.4, -0.2) is 29.6 Å². The molecule has 20 heavy (non-hydrogen) atoms. The SMILES string of the molecule is NCCC1CCN(Cc2coc3cc(O)ccc23)CC1. The normalized spacial score (nSPS) is 17.9. The van der Waals surface area contributed by atoms with Crippen LogP contribution >= 0.6 is 0 Å². The number of hydrogen-bond donors (Lipinski definition) is 2. The maximum absolute atomic E-state index is 9.46. The highest BCUT2D eigenvalue weighted by molar-refractivity contribution is 5.82. The molecular weight excluding hydrogens is 252 g/mol. The Balaban J connectivity index is 1.65. The van der Waals surface area contributed by atoms with Gasteiger partial charge in [0.05, 0.1) is 6.26 Å². The van der Waals surface area contributed by atoms with Crippen molar-refractivity contribution in [2.75, 3.05) is 19.6 Å². The van der Waals surface area contributed by atoms with Crippen molar-refractivity contribution in [1.82, 2.24) is 4.90 Å². The van der Waals surface area contributed by atoms with E-state index in [0.717, 1.165) is 49.5 Å². The fraction of sp³-hybridized carbons (Fsp3) is 0.500. The minimum absolute atomic E-state index is 0.251. The number of nitrogens with zero attached hydrogens (tertiary/aromatic N) is 1. The summed E-state index contributed by atoms with van der Waals surface area (Å²) < 4.78 is 5.53. The van der Waals surface area contributed by atoms with Crippen LogP contribution in [0.1, 0.15) is 24.8 Å². The van der Waals surface area contributed by atoms with E-state index < -0.39 is 0 Å². The zero-order valence-electron chi connectivity index (χ0n) is 11.7. The van der Waals surface area contributed by atoms with Crippen LogP contribution in [0.2, 0.25) is 0 Å². The molecule has 2 aromatic rings. The van der Waals surface area contributed by atoms with Gasteiger partial charge < -0.3 is 15.3 Å². The highest BCUT2D eigenvalue weighted by atomic mass is 16.3. The summed E-state index contributed by atoms with van der Waals surface area (Å²) >= 11 is 0. The second-order valence-electron chi connectivity index (χ2n) is 5.74. The first-order valence-electron chi connectivity index (χ1n) is 7.38. The zero-order valence-corrected chi connectivity index (χ0v) is 11.7. The number of aromatic hydroxyl groups is 1. The van der Waals surface area contributed by atoms with Gasteiger partial charge in [-0.15, -0.1) is 0 Å². The number of benzene rings is 1. The number of piperidine rings is 1. The summed E-state index contributed by atoms with van der Waals surface area (Å²) in [4.78, 5) is 2.48. The lowest BCUT2D eigenvalue weighted by atomic mass is 9.93. The number of hydrogen-bond acceptors (Lipinski definition) is 4. The molecule has 0 bridgehead atoms. The molecule has 108 valence electrons. The molecular formula is C16H22N2O2. The molecule has 4 heteroatoms. The summed E-state index contributed by atoms with van der Waals surface area (Å²) in [6.45, 7) is 4.00. The number of fused-ring (bicyclic) bond motifs is 1. The van der Waals surface area contributed by atoms with Crippen LogP contribution in [0.15, 0.2) is 28.9 Å². The number of nitrogens with two attached hydrogens (primary N) is 1. The van der Waals surface area contributed by atoms with Gasteiger partial charge in [0.15, 0.2) is 0 Å². The fourth-order valence-corrected chi connectivity index (χ4v) is 3.10. The minimum atomic E-state index is 0.251. The quantitative estimate of drug-likeness (QED) is 0.900. The third kappa shape index (κ3) is 2.81. The molecule has 0 aliphatic carbocycles. The molecule has 2 heterocycles. The predicted octanol–water partition coefficient (Wildman–Crippen LogP) is 2.70. The van der Waals surface area contributed by atoms with E-state index in [9.17, 15) is 5.11 Å². The Bertz CT molecular complexity index is 571. The lowest BCUT2D eigenvalue weighted by molar-refractivity contribution is 0.173. The van der Waals surface area contributed by atoms with Crippen LogP contribution in [0.4, 0.5) is 0 Å². The number of rotatable bonds is 4. The smallest absolute Gasteiger partial charge is 0.137 e. The second-order valence-corrected chi connectivity index (χ2v) is 5.74. The lowest BCUT2D eigenvalue weighted by Crippen LogP contribution is -2.33. The van der Waals surface area contributed by atoms with Crippen LogP contribution < -0.4 is 5.73 Å². The maximum atomic E-state index is 9.46. The summed E-state index contributed by atoms with van der Waals surface area (Å²) in [5.74, 6) is 1.05. The van der Waals surface area contributed by atoms with Gasteiger partial charge in [-0.3, -0.25) is 4.90 Å². The van der Waals surface area contributed by atoms with E-state index in [1.54, 1.807) is 12.1 Å². The molecule has 4 nitrogen and oxygen atoms in total. The van der Waals surface area contributed by atoms with Crippen LogP contribution in [-0.2, 0) is 6.54 Å². The van der Waals surface area contributed by atoms with Gasteiger partial charge in [0.25, 0.3) is 0 Å². The molecule has 0 radical (unpaired) electrons. The van der Waals surface area contributed by atoms with Gasteiger partial charge in [-0.05, 0) is 56.9 Å². The molecule has 3 rings (SSSR count). The van der Waals surface area contributed by atoms with Gasteiger partial charge in [-0.1, -0.05) is 0 Å². The van der Waals surface area contributed by atoms with Crippen LogP contribution in [0.25, 0.3) is 11.0 Å². The van der Waals surface area contributed by atoms with Gasteiger partial charge in [-0.2, -0.15) is 0 Å². The molecule has 1 fully saturated rings. The summed E-state index contributed by atoms with van der Waals surface area (Å²) in [6.07, 6.45) is 5.46. The molecule has 0 saturated carbocycles. The first-order chi connectivity index (χ1) is 9.76. The molecule has 1 aromatic carbocycles. The molecule has 3 N–H and O–H groups in total. The van der Waals surface area contributed by atoms with Crippen LogP contribution in [0.5, 0.6) is 5.75 Å². The van der Waals surface area contributed by atoms with Crippen LogP contribution in [0.3, 0.4) is 0 Å². The third-order valence-corrected chi connectivity index (χ3v) is 4.32. The zero-order chi connectivity index (χ0) is 13.9. The Labute approximate surface area is 119 Å². The van der Waals surface area contributed by atoms with Crippen molar-refractivity contribution in [3.8, 4) is 5.75 Å². The summed E-state index contributed by atoms with van der Waals surface area (Å²) in [7, 11) is 0. The van der Waals surface area contributed by atoms with Gasteiger partial charge >= 0.3 is 0 Å². The van der Waals surface area contributed by atoms with Crippen molar-refractivity contribution in [2.24, 2.45) is 11.7 Å². The van der Waals surface area contributed by atoms with Crippen molar-refractivity contribution in [2.45, 2.75) is 25.8 Å². The Morgan fingerprint density at radius 3 is 2.85 bits per heavy atom. The molecule has 1 aliphatic heterocycles. The average Bonchev–Trinajstić information content (AvgIpc) is 2.83. The molecule has 1 aromatic heterocycles. The lowest BCUT2D eigenvalue weighted by Gasteiger charge is -2.31. The average molecular weight is 274 g/mol. The van der Waals surface area contributed by atoms with Crippen molar-refractivity contribution in [1.29, 1.82) is 0 Å². The van der Waals surface area contributed by atoms with Crippen molar-refractivity contribution >= 4 is 11.0 Å². The van der Waals surface area contributed by atoms with Crippen LogP contribution in [0, 0.1) is 5.92 Å². The number of phenols is 1. The summed E-state index contributed by atoms with van der Waals surface area (Å²) in [5.41, 5.74) is 7.60. The van der Waals surface area contributed by atoms with Gasteiger partial charge in [0.2, 0.25) is 0 Å². The number of furan rings is 1. The van der Waals surface area contributed by atoms with E-state index in [4.69, 9.17) is 10.2 Å². The topological polar surface area (TPSA) is 62.6 Å². The highest BCUT2D eigenvalue weighted by Gasteiger charge is 2.19. The van der Waals surface area contributed by atoms with Crippen molar-refractivity contribution < 1.29 is 9.52 Å². The van der Waals surface area contributed by atoms with E-state index in [0.29, 0.717) is 0 Å². The van der Waals surface area contributed by atoms with Crippen molar-refractivity contribution in [3.63, 3.8) is 0 Å². The Morgan fingerprint density at radius 2 is 2.10 bits per heavy atom. The fourth-order valence-electron chi connectivity index (χ4n) is 3.10. The van der Waals surface area contributed by atoms with E-state index in [2.05, 4.69) is 4.90 Å². The molecule has 1 saturated heterocycles.